The Kier molecular flexibility index (Phi) is 6.80. The third-order valence-corrected chi connectivity index (χ3v) is 3.97. The van der Waals surface area contributed by atoms with Gasteiger partial charge in [-0.2, -0.15) is 0 Å². The van der Waals surface area contributed by atoms with E-state index in [1.54, 1.807) is 0 Å². The molecule has 0 amide bonds. The molecule has 0 aromatic carbocycles. The summed E-state index contributed by atoms with van der Waals surface area (Å²) in [6.07, 6.45) is 7.85. The molecular formula is C15H29NO3. The molecule has 1 atom stereocenters. The Balaban J connectivity index is 2.09. The molecule has 0 aromatic heterocycles. The number of hydrogen-bond acceptors (Lipinski definition) is 3. The summed E-state index contributed by atoms with van der Waals surface area (Å²) in [7, 11) is 0. The summed E-state index contributed by atoms with van der Waals surface area (Å²) in [5.74, 6) is -0.886. The van der Waals surface area contributed by atoms with Gasteiger partial charge < -0.3 is 9.84 Å². The van der Waals surface area contributed by atoms with E-state index in [1.807, 2.05) is 6.92 Å². The average molecular weight is 271 g/mol. The van der Waals surface area contributed by atoms with Crippen LogP contribution >= 0.6 is 0 Å². The lowest BCUT2D eigenvalue weighted by Gasteiger charge is -2.50. The predicted molar refractivity (Wildman–Crippen MR) is 76.4 cm³/mol. The van der Waals surface area contributed by atoms with Gasteiger partial charge in [-0.15, -0.1) is 0 Å². The minimum Gasteiger partial charge on any atom is -0.480 e. The summed E-state index contributed by atoms with van der Waals surface area (Å²) in [5.41, 5.74) is -0.255. The molecule has 0 spiro atoms. The smallest absolute Gasteiger partial charge is 0.329 e. The highest BCUT2D eigenvalue weighted by molar-refractivity contribution is 5.68. The van der Waals surface area contributed by atoms with E-state index in [1.165, 1.54) is 38.5 Å². The van der Waals surface area contributed by atoms with E-state index in [2.05, 4.69) is 18.7 Å². The number of carboxylic acids is 1. The van der Waals surface area contributed by atoms with E-state index in [0.717, 1.165) is 13.1 Å². The summed E-state index contributed by atoms with van der Waals surface area (Å²) in [5, 5.41) is 8.62. The first-order valence-corrected chi connectivity index (χ1v) is 7.56. The van der Waals surface area contributed by atoms with Crippen molar-refractivity contribution >= 4 is 5.97 Å². The second kappa shape index (κ2) is 7.85. The molecule has 1 saturated heterocycles. The van der Waals surface area contributed by atoms with E-state index in [9.17, 15) is 4.79 Å². The van der Waals surface area contributed by atoms with Crippen molar-refractivity contribution in [3.05, 3.63) is 0 Å². The maximum Gasteiger partial charge on any atom is 0.329 e. The number of carboxylic acid groups (broad SMARTS) is 1. The van der Waals surface area contributed by atoms with Gasteiger partial charge in [-0.25, -0.2) is 4.79 Å². The predicted octanol–water partition coefficient (Wildman–Crippen LogP) is 2.91. The number of nitrogens with zero attached hydrogens (tertiary/aromatic N) is 1. The lowest BCUT2D eigenvalue weighted by Crippen LogP contribution is -2.64. The van der Waals surface area contributed by atoms with Crippen LogP contribution in [0.25, 0.3) is 0 Å². The summed E-state index contributed by atoms with van der Waals surface area (Å²) in [4.78, 5) is 12.9. The van der Waals surface area contributed by atoms with E-state index >= 15 is 0 Å². The van der Waals surface area contributed by atoms with Crippen LogP contribution in [0.4, 0.5) is 0 Å². The third-order valence-electron chi connectivity index (χ3n) is 3.97. The Labute approximate surface area is 117 Å². The minimum absolute atomic E-state index is 0.185. The second-order valence-electron chi connectivity index (χ2n) is 6.09. The monoisotopic (exact) mass is 271 g/mol. The molecular weight excluding hydrogens is 242 g/mol. The van der Waals surface area contributed by atoms with E-state index in [0.29, 0.717) is 6.04 Å². The highest BCUT2D eigenvalue weighted by Crippen LogP contribution is 2.28. The van der Waals surface area contributed by atoms with Crippen molar-refractivity contribution in [2.24, 2.45) is 0 Å². The van der Waals surface area contributed by atoms with Crippen molar-refractivity contribution in [2.75, 3.05) is 19.7 Å². The van der Waals surface area contributed by atoms with Crippen molar-refractivity contribution in [2.45, 2.75) is 70.9 Å². The molecule has 4 heteroatoms. The quantitative estimate of drug-likeness (QED) is 0.621. The summed E-state index contributed by atoms with van der Waals surface area (Å²) in [6, 6.07) is 0.586. The third kappa shape index (κ3) is 5.91. The van der Waals surface area contributed by atoms with Crippen molar-refractivity contribution < 1.29 is 14.6 Å². The average Bonchev–Trinajstić information content (AvgIpc) is 2.32. The topological polar surface area (TPSA) is 49.8 Å². The molecule has 0 radical (unpaired) electrons. The molecule has 112 valence electrons. The number of ether oxygens (including phenoxy) is 1. The molecule has 1 N–H and O–H groups in total. The number of likely N-dealkylation sites (tertiary alicyclic amines) is 1. The lowest BCUT2D eigenvalue weighted by molar-refractivity contribution is -0.169. The van der Waals surface area contributed by atoms with Gasteiger partial charge in [0, 0.05) is 19.1 Å². The van der Waals surface area contributed by atoms with Gasteiger partial charge in [-0.1, -0.05) is 39.0 Å². The molecule has 0 bridgehead atoms. The Morgan fingerprint density at radius 2 is 1.95 bits per heavy atom. The highest BCUT2D eigenvalue weighted by Gasteiger charge is 2.41. The van der Waals surface area contributed by atoms with Gasteiger partial charge in [0.15, 0.2) is 0 Å². The molecule has 1 unspecified atom stereocenters. The Morgan fingerprint density at radius 3 is 2.53 bits per heavy atom. The SMILES string of the molecule is CCCCCCCC(C)N1CC(C)(OCC(=O)O)C1. The zero-order valence-electron chi connectivity index (χ0n) is 12.7. The summed E-state index contributed by atoms with van der Waals surface area (Å²) >= 11 is 0. The van der Waals surface area contributed by atoms with E-state index in [4.69, 9.17) is 9.84 Å². The van der Waals surface area contributed by atoms with Crippen LogP contribution in [0, 0.1) is 0 Å². The number of aliphatic carboxylic acids is 1. The lowest BCUT2D eigenvalue weighted by atomic mass is 9.93. The maximum atomic E-state index is 10.5. The van der Waals surface area contributed by atoms with Crippen molar-refractivity contribution in [3.8, 4) is 0 Å². The molecule has 4 nitrogen and oxygen atoms in total. The van der Waals surface area contributed by atoms with Crippen LogP contribution in [-0.2, 0) is 9.53 Å². The first-order chi connectivity index (χ1) is 8.97. The molecule has 0 aromatic rings. The molecule has 19 heavy (non-hydrogen) atoms. The van der Waals surface area contributed by atoms with Gasteiger partial charge >= 0.3 is 5.97 Å². The number of carbonyl (C=O) groups is 1. The summed E-state index contributed by atoms with van der Waals surface area (Å²) in [6.45, 7) is 8.03. The fourth-order valence-corrected chi connectivity index (χ4v) is 2.68. The fourth-order valence-electron chi connectivity index (χ4n) is 2.68. The molecule has 1 aliphatic rings. The van der Waals surface area contributed by atoms with Crippen molar-refractivity contribution in [1.29, 1.82) is 0 Å². The van der Waals surface area contributed by atoms with Crippen molar-refractivity contribution in [1.82, 2.24) is 4.90 Å². The maximum absolute atomic E-state index is 10.5. The molecule has 1 heterocycles. The largest absolute Gasteiger partial charge is 0.480 e. The Hall–Kier alpha value is -0.610. The van der Waals surface area contributed by atoms with Crippen LogP contribution < -0.4 is 0 Å². The van der Waals surface area contributed by atoms with Crippen LogP contribution in [0.2, 0.25) is 0 Å². The molecule has 1 rings (SSSR count). The number of unbranched alkanes of at least 4 members (excludes halogenated alkanes) is 4. The summed E-state index contributed by atoms with van der Waals surface area (Å²) < 4.78 is 5.42. The van der Waals surface area contributed by atoms with Gasteiger partial charge in [-0.3, -0.25) is 4.90 Å². The van der Waals surface area contributed by atoms with Gasteiger partial charge in [0.05, 0.1) is 5.60 Å². The van der Waals surface area contributed by atoms with Gasteiger partial charge in [0.25, 0.3) is 0 Å². The number of rotatable bonds is 10. The zero-order valence-corrected chi connectivity index (χ0v) is 12.7. The normalized spacial score (nSPS) is 19.9. The van der Waals surface area contributed by atoms with Crippen LogP contribution in [0.15, 0.2) is 0 Å². The van der Waals surface area contributed by atoms with Crippen LogP contribution in [0.3, 0.4) is 0 Å². The van der Waals surface area contributed by atoms with Gasteiger partial charge in [0.2, 0.25) is 0 Å². The van der Waals surface area contributed by atoms with E-state index in [-0.39, 0.29) is 12.2 Å². The van der Waals surface area contributed by atoms with Crippen LogP contribution in [-0.4, -0.2) is 47.3 Å². The Morgan fingerprint density at radius 1 is 1.32 bits per heavy atom. The standard InChI is InChI=1S/C15H29NO3/c1-4-5-6-7-8-9-13(2)16-11-15(3,12-16)19-10-14(17)18/h13H,4-12H2,1-3H3,(H,17,18). The number of hydrogen-bond donors (Lipinski definition) is 1. The molecule has 1 aliphatic heterocycles. The zero-order chi connectivity index (χ0) is 14.3. The minimum atomic E-state index is -0.886. The van der Waals surface area contributed by atoms with Gasteiger partial charge in [0.1, 0.15) is 6.61 Å². The van der Waals surface area contributed by atoms with Crippen LogP contribution in [0.1, 0.15) is 59.3 Å². The highest BCUT2D eigenvalue weighted by atomic mass is 16.5. The molecule has 1 fully saturated rings. The van der Waals surface area contributed by atoms with Crippen LogP contribution in [0.5, 0.6) is 0 Å². The molecule has 0 aliphatic carbocycles. The first-order valence-electron chi connectivity index (χ1n) is 7.56. The second-order valence-corrected chi connectivity index (χ2v) is 6.09. The van der Waals surface area contributed by atoms with E-state index < -0.39 is 5.97 Å². The van der Waals surface area contributed by atoms with Gasteiger partial charge in [-0.05, 0) is 20.3 Å². The molecule has 0 saturated carbocycles. The fraction of sp³-hybridized carbons (Fsp3) is 0.933. The van der Waals surface area contributed by atoms with Crippen molar-refractivity contribution in [3.63, 3.8) is 0 Å². The Bertz CT molecular complexity index is 275. The first kappa shape index (κ1) is 16.4.